The molecule has 0 bridgehead atoms. The molecular formula is C7H10BOY-. The van der Waals surface area contributed by atoms with Crippen LogP contribution in [0, 0.1) is 6.08 Å². The van der Waals surface area contributed by atoms with E-state index in [9.17, 15) is 4.79 Å². The van der Waals surface area contributed by atoms with Gasteiger partial charge in [0.2, 0.25) is 0 Å². The van der Waals surface area contributed by atoms with Crippen LogP contribution in [-0.4, -0.2) is 13.6 Å². The standard InChI is InChI=1S/C7H10BO.Y/c1-6(2)5-7(9)3-4-8;/h3-4H2,1-2H3;/q-1;. The van der Waals surface area contributed by atoms with Gasteiger partial charge in [-0.05, 0) is 12.2 Å². The van der Waals surface area contributed by atoms with Crippen LogP contribution in [0.3, 0.4) is 0 Å². The summed E-state index contributed by atoms with van der Waals surface area (Å²) in [5.41, 5.74) is 0.911. The molecule has 0 unspecified atom stereocenters. The summed E-state index contributed by atoms with van der Waals surface area (Å²) in [7, 11) is 5.14. The van der Waals surface area contributed by atoms with Crippen LogP contribution >= 0.6 is 0 Å². The molecule has 0 saturated carbocycles. The third-order valence-corrected chi connectivity index (χ3v) is 0.761. The molecule has 0 fully saturated rings. The average molecular weight is 210 g/mol. The van der Waals surface area contributed by atoms with E-state index in [-0.39, 0.29) is 38.5 Å². The minimum atomic E-state index is -0.00231. The number of hydrogen-bond donors (Lipinski definition) is 0. The molecule has 10 heavy (non-hydrogen) atoms. The second kappa shape index (κ2) is 7.68. The Bertz CT molecular complexity index is 128. The average Bonchev–Trinajstić information content (AvgIpc) is 1.63. The predicted octanol–water partition coefficient (Wildman–Crippen LogP) is 1.30. The van der Waals surface area contributed by atoms with Crippen LogP contribution in [0.5, 0.6) is 0 Å². The normalized spacial score (nSPS) is 7.80. The van der Waals surface area contributed by atoms with Crippen molar-refractivity contribution < 1.29 is 37.5 Å². The Balaban J connectivity index is 0. The van der Waals surface area contributed by atoms with Crippen molar-refractivity contribution in [3.63, 3.8) is 0 Å². The van der Waals surface area contributed by atoms with Crippen LogP contribution in [0.25, 0.3) is 0 Å². The van der Waals surface area contributed by atoms with Gasteiger partial charge < -0.3 is 10.9 Å². The third-order valence-electron chi connectivity index (χ3n) is 0.761. The van der Waals surface area contributed by atoms with Gasteiger partial charge in [0.05, 0.1) is 7.85 Å². The second-order valence-corrected chi connectivity index (χ2v) is 2.09. The summed E-state index contributed by atoms with van der Waals surface area (Å²) in [6.07, 6.45) is 3.47. The SMILES string of the molecule is [B]CCC(=O)[C-]=C(C)C.[Y]. The summed E-state index contributed by atoms with van der Waals surface area (Å²) in [4.78, 5) is 10.6. The Morgan fingerprint density at radius 1 is 1.50 bits per heavy atom. The van der Waals surface area contributed by atoms with E-state index in [4.69, 9.17) is 7.85 Å². The van der Waals surface area contributed by atoms with E-state index in [0.717, 1.165) is 5.57 Å². The van der Waals surface area contributed by atoms with Crippen LogP contribution in [0.15, 0.2) is 5.57 Å². The van der Waals surface area contributed by atoms with Crippen molar-refractivity contribution in [1.82, 2.24) is 0 Å². The fourth-order valence-electron chi connectivity index (χ4n) is 0.472. The summed E-state index contributed by atoms with van der Waals surface area (Å²) >= 11 is 0. The van der Waals surface area contributed by atoms with Crippen LogP contribution < -0.4 is 0 Å². The quantitative estimate of drug-likeness (QED) is 0.389. The fraction of sp³-hybridized carbons (Fsp3) is 0.571. The molecule has 0 aromatic heterocycles. The third kappa shape index (κ3) is 8.58. The van der Waals surface area contributed by atoms with E-state index in [2.05, 4.69) is 6.08 Å². The Morgan fingerprint density at radius 3 is 2.30 bits per heavy atom. The molecule has 0 aliphatic heterocycles. The molecular weight excluding hydrogens is 200 g/mol. The predicted molar refractivity (Wildman–Crippen MR) is 38.3 cm³/mol. The number of Topliss-reactive ketones (excluding diaryl/α,β-unsaturated/α-hetero) is 1. The minimum absolute atomic E-state index is 0. The molecule has 3 heteroatoms. The van der Waals surface area contributed by atoms with Gasteiger partial charge in [0.25, 0.3) is 0 Å². The van der Waals surface area contributed by atoms with Gasteiger partial charge in [-0.25, -0.2) is 0 Å². The topological polar surface area (TPSA) is 17.1 Å². The summed E-state index contributed by atoms with van der Waals surface area (Å²) in [6.45, 7) is 3.68. The zero-order valence-corrected chi connectivity index (χ0v) is 9.32. The van der Waals surface area contributed by atoms with Crippen molar-refractivity contribution in [2.75, 3.05) is 0 Å². The molecule has 0 N–H and O–H groups in total. The van der Waals surface area contributed by atoms with Gasteiger partial charge in [-0.15, -0.1) is 0 Å². The van der Waals surface area contributed by atoms with Crippen LogP contribution in [0.4, 0.5) is 0 Å². The maximum absolute atomic E-state index is 10.6. The number of carbonyl (C=O) groups is 1. The molecule has 0 aliphatic rings. The molecule has 51 valence electrons. The molecule has 0 aliphatic carbocycles. The van der Waals surface area contributed by atoms with Crippen LogP contribution in [0.2, 0.25) is 6.32 Å². The molecule has 0 saturated heterocycles. The first-order valence-corrected chi connectivity index (χ1v) is 2.97. The Morgan fingerprint density at radius 2 is 2.00 bits per heavy atom. The van der Waals surface area contributed by atoms with Gasteiger partial charge >= 0.3 is 0 Å². The Kier molecular flexibility index (Phi) is 10.1. The molecule has 3 radical (unpaired) electrons. The molecule has 0 amide bonds. The van der Waals surface area contributed by atoms with E-state index < -0.39 is 0 Å². The number of rotatable bonds is 3. The van der Waals surface area contributed by atoms with Gasteiger partial charge in [0, 0.05) is 32.7 Å². The van der Waals surface area contributed by atoms with Gasteiger partial charge in [0.1, 0.15) is 0 Å². The van der Waals surface area contributed by atoms with Crippen molar-refractivity contribution in [1.29, 1.82) is 0 Å². The maximum atomic E-state index is 10.6. The van der Waals surface area contributed by atoms with Gasteiger partial charge in [-0.3, -0.25) is 5.57 Å². The first-order chi connectivity index (χ1) is 4.16. The zero-order chi connectivity index (χ0) is 7.28. The molecule has 0 atom stereocenters. The van der Waals surface area contributed by atoms with Gasteiger partial charge in [0.15, 0.2) is 0 Å². The van der Waals surface area contributed by atoms with Crippen molar-refractivity contribution in [2.45, 2.75) is 26.6 Å². The van der Waals surface area contributed by atoms with E-state index in [0.29, 0.717) is 12.7 Å². The molecule has 0 spiro atoms. The monoisotopic (exact) mass is 210 g/mol. The van der Waals surface area contributed by atoms with Crippen molar-refractivity contribution in [3.8, 4) is 0 Å². The van der Waals surface area contributed by atoms with Crippen molar-refractivity contribution in [3.05, 3.63) is 11.6 Å². The number of allylic oxidation sites excluding steroid dienone is 2. The van der Waals surface area contributed by atoms with E-state index in [1.165, 1.54) is 0 Å². The molecule has 0 rings (SSSR count). The summed E-state index contributed by atoms with van der Waals surface area (Å²) in [5, 5.41) is 0. The number of hydrogen-bond acceptors (Lipinski definition) is 1. The Labute approximate surface area is 88.9 Å². The first-order valence-electron chi connectivity index (χ1n) is 2.97. The number of carbonyl (C=O) groups excluding carboxylic acids is 1. The first kappa shape index (κ1) is 13.2. The summed E-state index contributed by atoms with van der Waals surface area (Å²) in [5.74, 6) is -0.00231. The van der Waals surface area contributed by atoms with Crippen LogP contribution in [-0.2, 0) is 37.5 Å². The van der Waals surface area contributed by atoms with Crippen molar-refractivity contribution in [2.24, 2.45) is 0 Å². The maximum Gasteiger partial charge on any atom is 0.0657 e. The zero-order valence-electron chi connectivity index (χ0n) is 6.48. The van der Waals surface area contributed by atoms with Gasteiger partial charge in [-0.2, -0.15) is 0 Å². The smallest absolute Gasteiger partial charge is 0.0657 e. The van der Waals surface area contributed by atoms with E-state index >= 15 is 0 Å². The van der Waals surface area contributed by atoms with E-state index in [1.807, 2.05) is 13.8 Å². The molecule has 0 heterocycles. The number of ketones is 1. The molecule has 0 aromatic carbocycles. The fourth-order valence-corrected chi connectivity index (χ4v) is 0.472. The molecule has 1 nitrogen and oxygen atoms in total. The van der Waals surface area contributed by atoms with Crippen molar-refractivity contribution >= 4 is 13.6 Å². The van der Waals surface area contributed by atoms with Crippen LogP contribution in [0.1, 0.15) is 20.3 Å². The summed E-state index contributed by atoms with van der Waals surface area (Å²) in [6, 6.07) is 0. The summed E-state index contributed by atoms with van der Waals surface area (Å²) < 4.78 is 0. The van der Waals surface area contributed by atoms with Gasteiger partial charge in [-0.1, -0.05) is 20.2 Å². The molecule has 0 aromatic rings. The second-order valence-electron chi connectivity index (χ2n) is 2.09. The largest absolute Gasteiger partial charge is 0.428 e. The van der Waals surface area contributed by atoms with E-state index in [1.54, 1.807) is 0 Å². The minimum Gasteiger partial charge on any atom is -0.428 e. The Hall–Kier alpha value is 0.579.